The molecule has 0 aromatic rings. The van der Waals surface area contributed by atoms with E-state index in [1.807, 2.05) is 20.1 Å². The number of carbonyl (C=O) groups excluding carboxylic acids is 5. The Balaban J connectivity index is 5.03. The summed E-state index contributed by atoms with van der Waals surface area (Å²) in [5.74, 6) is -0.805. The monoisotopic (exact) mass is 612 g/mol. The molecule has 13 heteroatoms. The molecular formula is C24H44N4O7SSe. The molecule has 0 aliphatic heterocycles. The number of hydrogen-bond donors (Lipinski definition) is 4. The van der Waals surface area contributed by atoms with E-state index in [0.29, 0.717) is 18.6 Å². The molecule has 0 fully saturated rings. The second kappa shape index (κ2) is 17.6. The van der Waals surface area contributed by atoms with Crippen LogP contribution in [0.1, 0.15) is 61.3 Å². The van der Waals surface area contributed by atoms with Gasteiger partial charge in [0.05, 0.1) is 0 Å². The summed E-state index contributed by atoms with van der Waals surface area (Å²) in [6.07, 6.45) is 2.03. The first kappa shape index (κ1) is 35.2. The van der Waals surface area contributed by atoms with Crippen LogP contribution in [0.3, 0.4) is 0 Å². The quantitative estimate of drug-likeness (QED) is 0.149. The molecule has 11 nitrogen and oxygen atoms in total. The Morgan fingerprint density at radius 1 is 0.946 bits per heavy atom. The number of carbonyl (C=O) groups is 5. The number of rotatable bonds is 16. The van der Waals surface area contributed by atoms with E-state index < -0.39 is 62.8 Å². The van der Waals surface area contributed by atoms with Crippen molar-refractivity contribution in [3.05, 3.63) is 0 Å². The van der Waals surface area contributed by atoms with Crippen LogP contribution in [0.15, 0.2) is 0 Å². The zero-order chi connectivity index (χ0) is 28.8. The third-order valence-electron chi connectivity index (χ3n) is 4.78. The van der Waals surface area contributed by atoms with Gasteiger partial charge in [-0.3, -0.25) is 0 Å². The number of amides is 3. The minimum absolute atomic E-state index is 0.114. The molecule has 3 unspecified atom stereocenters. The van der Waals surface area contributed by atoms with Crippen LogP contribution in [0.25, 0.3) is 0 Å². The second-order valence-electron chi connectivity index (χ2n) is 10.2. The molecule has 0 heterocycles. The Labute approximate surface area is 231 Å². The number of ether oxygens (including phenoxy) is 2. The normalized spacial score (nSPS) is 13.9. The van der Waals surface area contributed by atoms with E-state index in [2.05, 4.69) is 20.3 Å². The van der Waals surface area contributed by atoms with E-state index in [0.717, 1.165) is 0 Å². The van der Waals surface area contributed by atoms with Gasteiger partial charge in [0.2, 0.25) is 0 Å². The van der Waals surface area contributed by atoms with Gasteiger partial charge in [-0.05, 0) is 0 Å². The van der Waals surface area contributed by atoms with Gasteiger partial charge in [0.15, 0.2) is 0 Å². The molecule has 3 amide bonds. The Kier molecular flexibility index (Phi) is 16.8. The summed E-state index contributed by atoms with van der Waals surface area (Å²) in [6, 6.07) is -2.33. The molecule has 0 bridgehead atoms. The van der Waals surface area contributed by atoms with Crippen LogP contribution >= 0.6 is 11.8 Å². The van der Waals surface area contributed by atoms with Gasteiger partial charge in [0, 0.05) is 0 Å². The van der Waals surface area contributed by atoms with Gasteiger partial charge in [-0.1, -0.05) is 0 Å². The molecule has 3 atom stereocenters. The van der Waals surface area contributed by atoms with Crippen molar-refractivity contribution in [3.8, 4) is 0 Å². The van der Waals surface area contributed by atoms with E-state index in [9.17, 15) is 24.0 Å². The summed E-state index contributed by atoms with van der Waals surface area (Å²) in [5.41, 5.74) is -0.710. The molecule has 0 aliphatic carbocycles. The first-order valence-electron chi connectivity index (χ1n) is 12.2. The van der Waals surface area contributed by atoms with E-state index in [1.54, 1.807) is 46.4 Å². The van der Waals surface area contributed by atoms with Crippen LogP contribution in [0.5, 0.6) is 0 Å². The zero-order valence-electron chi connectivity index (χ0n) is 23.4. The topological polar surface area (TPSA) is 152 Å². The van der Waals surface area contributed by atoms with Crippen LogP contribution in [0.4, 0.5) is 4.79 Å². The SMILES string of the molecule is COC(=O)C(NC(=O)C(CCSC)N[Se]C(=O)CNC(=O)C(CC(C)C)NC(=O)OC(C)(C)C)C(C)C. The van der Waals surface area contributed by atoms with Crippen molar-refractivity contribution in [2.75, 3.05) is 25.7 Å². The van der Waals surface area contributed by atoms with Crippen molar-refractivity contribution in [2.45, 2.75) is 85.0 Å². The van der Waals surface area contributed by atoms with Gasteiger partial charge in [-0.25, -0.2) is 0 Å². The predicted octanol–water partition coefficient (Wildman–Crippen LogP) is 1.21. The van der Waals surface area contributed by atoms with Gasteiger partial charge >= 0.3 is 232 Å². The van der Waals surface area contributed by atoms with Crippen LogP contribution < -0.4 is 20.3 Å². The number of thioether (sulfide) groups is 1. The number of nitrogens with one attached hydrogen (secondary N) is 4. The van der Waals surface area contributed by atoms with Gasteiger partial charge in [-0.2, -0.15) is 0 Å². The fourth-order valence-electron chi connectivity index (χ4n) is 2.97. The first-order valence-corrected chi connectivity index (χ1v) is 15.3. The van der Waals surface area contributed by atoms with Crippen molar-refractivity contribution < 1.29 is 33.4 Å². The molecule has 0 rings (SSSR count). The summed E-state index contributed by atoms with van der Waals surface area (Å²) in [5, 5.41) is 7.85. The van der Waals surface area contributed by atoms with Crippen molar-refractivity contribution in [3.63, 3.8) is 0 Å². The summed E-state index contributed by atoms with van der Waals surface area (Å²) < 4.78 is 12.7. The number of alkyl carbamates (subject to hydrolysis) is 1. The average molecular weight is 612 g/mol. The van der Waals surface area contributed by atoms with Gasteiger partial charge in [-0.15, -0.1) is 0 Å². The average Bonchev–Trinajstić information content (AvgIpc) is 2.78. The van der Waals surface area contributed by atoms with Gasteiger partial charge in [0.1, 0.15) is 0 Å². The van der Waals surface area contributed by atoms with Crippen LogP contribution in [0.2, 0.25) is 0 Å². The predicted molar refractivity (Wildman–Crippen MR) is 145 cm³/mol. The van der Waals surface area contributed by atoms with E-state index >= 15 is 0 Å². The molecule has 0 saturated carbocycles. The summed E-state index contributed by atoms with van der Waals surface area (Å²) in [6.45, 7) is 12.4. The van der Waals surface area contributed by atoms with Crippen molar-refractivity contribution in [2.24, 2.45) is 11.8 Å². The summed E-state index contributed by atoms with van der Waals surface area (Å²) in [7, 11) is 1.26. The zero-order valence-corrected chi connectivity index (χ0v) is 25.9. The van der Waals surface area contributed by atoms with E-state index in [4.69, 9.17) is 9.47 Å². The van der Waals surface area contributed by atoms with Crippen LogP contribution in [-0.2, 0) is 28.7 Å². The Morgan fingerprint density at radius 3 is 2.05 bits per heavy atom. The standard InChI is InChI=1S/C24H44N4O7SSe/c1-14(2)12-17(26-23(33)35-24(5,6)7)20(30)25-13-18(29)37-28-16(10-11-36-9)21(31)27-19(15(3)4)22(32)34-8/h14-17,19,28H,10-13H2,1-9H3,(H,25,30)(H,26,33)(H,27,31). The van der Waals surface area contributed by atoms with E-state index in [1.165, 1.54) is 7.11 Å². The third-order valence-corrected chi connectivity index (χ3v) is 7.05. The maximum atomic E-state index is 12.8. The third kappa shape index (κ3) is 15.9. The summed E-state index contributed by atoms with van der Waals surface area (Å²) in [4.78, 5) is 62.2. The molecule has 0 aliphatic rings. The Bertz CT molecular complexity index is 775. The molecule has 37 heavy (non-hydrogen) atoms. The van der Waals surface area contributed by atoms with Gasteiger partial charge < -0.3 is 0 Å². The second-order valence-corrected chi connectivity index (χ2v) is 13.1. The molecule has 0 spiro atoms. The minimum atomic E-state index is -0.852. The number of esters is 1. The molecule has 0 aromatic carbocycles. The summed E-state index contributed by atoms with van der Waals surface area (Å²) >= 11 is 0.749. The molecular weight excluding hydrogens is 567 g/mol. The van der Waals surface area contributed by atoms with E-state index in [-0.39, 0.29) is 23.1 Å². The number of methoxy groups -OCH3 is 1. The molecule has 0 radical (unpaired) electrons. The van der Waals surface area contributed by atoms with Crippen LogP contribution in [0, 0.1) is 11.8 Å². The first-order chi connectivity index (χ1) is 17.1. The van der Waals surface area contributed by atoms with Gasteiger partial charge in [0.25, 0.3) is 0 Å². The Hall–Kier alpha value is -1.82. The van der Waals surface area contributed by atoms with Crippen molar-refractivity contribution in [1.82, 2.24) is 20.3 Å². The molecule has 0 aromatic heterocycles. The molecule has 0 saturated heterocycles. The van der Waals surface area contributed by atoms with Crippen molar-refractivity contribution >= 4 is 55.5 Å². The molecule has 4 N–H and O–H groups in total. The maximum absolute atomic E-state index is 12.8. The van der Waals surface area contributed by atoms with Crippen LogP contribution in [-0.4, -0.2) is 93.1 Å². The fraction of sp³-hybridized carbons (Fsp3) is 0.792. The number of hydrogen-bond acceptors (Lipinski definition) is 9. The Morgan fingerprint density at radius 2 is 1.57 bits per heavy atom. The fourth-order valence-corrected chi connectivity index (χ4v) is 4.79. The van der Waals surface area contributed by atoms with Crippen molar-refractivity contribution in [1.29, 1.82) is 0 Å². The molecule has 214 valence electrons.